The summed E-state index contributed by atoms with van der Waals surface area (Å²) in [6, 6.07) is 2.05. The SMILES string of the molecule is CCNc1cc(NCC2(C)CCCC2)nc(C2CC2)n1. The topological polar surface area (TPSA) is 49.8 Å². The molecule has 0 radical (unpaired) electrons. The molecule has 0 atom stereocenters. The molecule has 0 bridgehead atoms. The van der Waals surface area contributed by atoms with Crippen molar-refractivity contribution in [3.8, 4) is 0 Å². The fourth-order valence-electron chi connectivity index (χ4n) is 3.06. The number of rotatable bonds is 6. The first-order valence-corrected chi connectivity index (χ1v) is 8.05. The van der Waals surface area contributed by atoms with Gasteiger partial charge in [-0.15, -0.1) is 0 Å². The van der Waals surface area contributed by atoms with Crippen LogP contribution in [-0.4, -0.2) is 23.1 Å². The average molecular weight is 274 g/mol. The number of aromatic nitrogens is 2. The minimum absolute atomic E-state index is 0.447. The van der Waals surface area contributed by atoms with Crippen molar-refractivity contribution >= 4 is 11.6 Å². The van der Waals surface area contributed by atoms with Crippen molar-refractivity contribution in [3.63, 3.8) is 0 Å². The van der Waals surface area contributed by atoms with Gasteiger partial charge in [0.2, 0.25) is 0 Å². The van der Waals surface area contributed by atoms with Gasteiger partial charge in [0.15, 0.2) is 0 Å². The Labute approximate surface area is 121 Å². The molecule has 1 heterocycles. The van der Waals surface area contributed by atoms with Gasteiger partial charge in [-0.2, -0.15) is 0 Å². The van der Waals surface area contributed by atoms with E-state index in [1.165, 1.54) is 38.5 Å². The maximum atomic E-state index is 4.71. The van der Waals surface area contributed by atoms with Crippen LogP contribution in [0.15, 0.2) is 6.07 Å². The molecule has 0 aromatic carbocycles. The summed E-state index contributed by atoms with van der Waals surface area (Å²) in [7, 11) is 0. The second kappa shape index (κ2) is 5.58. The standard InChI is InChI=1S/C16H26N4/c1-3-17-13-10-14(20-15(19-13)12-6-7-12)18-11-16(2)8-4-5-9-16/h10,12H,3-9,11H2,1-2H3,(H2,17,18,19,20). The lowest BCUT2D eigenvalue weighted by Gasteiger charge is -2.24. The predicted molar refractivity (Wildman–Crippen MR) is 83.2 cm³/mol. The van der Waals surface area contributed by atoms with Crippen LogP contribution in [0, 0.1) is 5.41 Å². The molecule has 0 spiro atoms. The van der Waals surface area contributed by atoms with Crippen molar-refractivity contribution in [2.45, 2.75) is 58.3 Å². The van der Waals surface area contributed by atoms with E-state index >= 15 is 0 Å². The molecule has 0 aliphatic heterocycles. The van der Waals surface area contributed by atoms with E-state index in [0.29, 0.717) is 11.3 Å². The molecule has 0 unspecified atom stereocenters. The minimum atomic E-state index is 0.447. The third kappa shape index (κ3) is 3.22. The Hall–Kier alpha value is -1.32. The first kappa shape index (κ1) is 13.7. The number of anilines is 2. The molecule has 2 N–H and O–H groups in total. The molecular weight excluding hydrogens is 248 g/mol. The highest BCUT2D eigenvalue weighted by molar-refractivity contribution is 5.48. The molecule has 110 valence electrons. The van der Waals surface area contributed by atoms with E-state index < -0.39 is 0 Å². The monoisotopic (exact) mass is 274 g/mol. The van der Waals surface area contributed by atoms with E-state index in [-0.39, 0.29) is 0 Å². The first-order chi connectivity index (χ1) is 9.68. The van der Waals surface area contributed by atoms with Gasteiger partial charge in [0.25, 0.3) is 0 Å². The fourth-order valence-corrected chi connectivity index (χ4v) is 3.06. The summed E-state index contributed by atoms with van der Waals surface area (Å²) in [4.78, 5) is 9.33. The summed E-state index contributed by atoms with van der Waals surface area (Å²) >= 11 is 0. The fraction of sp³-hybridized carbons (Fsp3) is 0.750. The highest BCUT2D eigenvalue weighted by atomic mass is 15.1. The average Bonchev–Trinajstić information content (AvgIpc) is 3.20. The van der Waals surface area contributed by atoms with E-state index in [0.717, 1.165) is 30.5 Å². The van der Waals surface area contributed by atoms with Crippen molar-refractivity contribution in [1.82, 2.24) is 9.97 Å². The maximum absolute atomic E-state index is 4.71. The van der Waals surface area contributed by atoms with E-state index in [1.54, 1.807) is 0 Å². The smallest absolute Gasteiger partial charge is 0.136 e. The molecule has 0 saturated heterocycles. The number of nitrogens with one attached hydrogen (secondary N) is 2. The van der Waals surface area contributed by atoms with Crippen molar-refractivity contribution in [3.05, 3.63) is 11.9 Å². The summed E-state index contributed by atoms with van der Waals surface area (Å²) in [6.45, 7) is 6.42. The van der Waals surface area contributed by atoms with Crippen LogP contribution in [0.3, 0.4) is 0 Å². The maximum Gasteiger partial charge on any atom is 0.136 e. The van der Waals surface area contributed by atoms with Gasteiger partial charge in [-0.1, -0.05) is 19.8 Å². The summed E-state index contributed by atoms with van der Waals surface area (Å²) in [5.41, 5.74) is 0.447. The highest BCUT2D eigenvalue weighted by Crippen LogP contribution is 2.40. The van der Waals surface area contributed by atoms with Crippen LogP contribution in [0.2, 0.25) is 0 Å². The summed E-state index contributed by atoms with van der Waals surface area (Å²) in [5.74, 6) is 3.56. The van der Waals surface area contributed by atoms with Gasteiger partial charge in [-0.3, -0.25) is 0 Å². The van der Waals surface area contributed by atoms with E-state index in [9.17, 15) is 0 Å². The van der Waals surface area contributed by atoms with Crippen molar-refractivity contribution in [1.29, 1.82) is 0 Å². The van der Waals surface area contributed by atoms with Gasteiger partial charge < -0.3 is 10.6 Å². The Morgan fingerprint density at radius 3 is 2.40 bits per heavy atom. The van der Waals surface area contributed by atoms with Crippen LogP contribution in [0.25, 0.3) is 0 Å². The lowest BCUT2D eigenvalue weighted by Crippen LogP contribution is -2.23. The Balaban J connectivity index is 1.70. The van der Waals surface area contributed by atoms with Crippen molar-refractivity contribution in [2.24, 2.45) is 5.41 Å². The number of hydrogen-bond donors (Lipinski definition) is 2. The molecule has 0 amide bonds. The molecule has 2 fully saturated rings. The first-order valence-electron chi connectivity index (χ1n) is 8.05. The molecule has 2 aliphatic rings. The summed E-state index contributed by atoms with van der Waals surface area (Å²) < 4.78 is 0. The normalized spacial score (nSPS) is 20.9. The van der Waals surface area contributed by atoms with Gasteiger partial charge >= 0.3 is 0 Å². The lowest BCUT2D eigenvalue weighted by atomic mass is 9.89. The highest BCUT2D eigenvalue weighted by Gasteiger charge is 2.29. The van der Waals surface area contributed by atoms with Crippen LogP contribution in [0.4, 0.5) is 11.6 Å². The summed E-state index contributed by atoms with van der Waals surface area (Å²) in [5, 5.41) is 6.88. The van der Waals surface area contributed by atoms with Gasteiger partial charge in [0, 0.05) is 25.1 Å². The Kier molecular flexibility index (Phi) is 3.81. The van der Waals surface area contributed by atoms with E-state index in [2.05, 4.69) is 29.5 Å². The molecule has 4 heteroatoms. The molecular formula is C16H26N4. The zero-order chi connectivity index (χ0) is 14.0. The van der Waals surface area contributed by atoms with Gasteiger partial charge in [0.1, 0.15) is 17.5 Å². The molecule has 1 aromatic heterocycles. The van der Waals surface area contributed by atoms with E-state index in [1.807, 2.05) is 6.07 Å². The largest absolute Gasteiger partial charge is 0.370 e. The molecule has 2 aliphatic carbocycles. The van der Waals surface area contributed by atoms with Gasteiger partial charge in [-0.25, -0.2) is 9.97 Å². The van der Waals surface area contributed by atoms with Crippen LogP contribution in [0.1, 0.15) is 64.1 Å². The quantitative estimate of drug-likeness (QED) is 0.829. The van der Waals surface area contributed by atoms with Crippen LogP contribution in [-0.2, 0) is 0 Å². The molecule has 2 saturated carbocycles. The zero-order valence-corrected chi connectivity index (χ0v) is 12.7. The Morgan fingerprint density at radius 1 is 1.15 bits per heavy atom. The van der Waals surface area contributed by atoms with Crippen LogP contribution >= 0.6 is 0 Å². The Morgan fingerprint density at radius 2 is 1.80 bits per heavy atom. The summed E-state index contributed by atoms with van der Waals surface area (Å²) in [6.07, 6.45) is 7.90. The van der Waals surface area contributed by atoms with Crippen LogP contribution in [0.5, 0.6) is 0 Å². The number of hydrogen-bond acceptors (Lipinski definition) is 4. The lowest BCUT2D eigenvalue weighted by molar-refractivity contribution is 0.361. The molecule has 4 nitrogen and oxygen atoms in total. The van der Waals surface area contributed by atoms with Crippen LogP contribution < -0.4 is 10.6 Å². The Bertz CT molecular complexity index is 462. The molecule has 1 aromatic rings. The minimum Gasteiger partial charge on any atom is -0.370 e. The second-order valence-electron chi connectivity index (χ2n) is 6.67. The van der Waals surface area contributed by atoms with Crippen molar-refractivity contribution in [2.75, 3.05) is 23.7 Å². The van der Waals surface area contributed by atoms with Gasteiger partial charge in [0.05, 0.1) is 0 Å². The molecule has 20 heavy (non-hydrogen) atoms. The van der Waals surface area contributed by atoms with E-state index in [4.69, 9.17) is 4.98 Å². The van der Waals surface area contributed by atoms with Gasteiger partial charge in [-0.05, 0) is 38.0 Å². The third-order valence-corrected chi connectivity index (χ3v) is 4.55. The zero-order valence-electron chi connectivity index (χ0n) is 12.7. The van der Waals surface area contributed by atoms with Crippen molar-refractivity contribution < 1.29 is 0 Å². The second-order valence-corrected chi connectivity index (χ2v) is 6.67. The predicted octanol–water partition coefficient (Wildman–Crippen LogP) is 3.78. The molecule has 3 rings (SSSR count). The number of nitrogens with zero attached hydrogens (tertiary/aromatic N) is 2. The third-order valence-electron chi connectivity index (χ3n) is 4.55.